The SMILES string of the molecule is CCc1cc(C(=O)NCC2CN(C)C(=O)CO2)ccn1. The average molecular weight is 277 g/mol. The van der Waals surface area contributed by atoms with Crippen molar-refractivity contribution in [2.45, 2.75) is 19.4 Å². The number of hydrogen-bond donors (Lipinski definition) is 1. The van der Waals surface area contributed by atoms with Crippen LogP contribution < -0.4 is 5.32 Å². The molecule has 1 N–H and O–H groups in total. The van der Waals surface area contributed by atoms with Crippen LogP contribution in [0.5, 0.6) is 0 Å². The van der Waals surface area contributed by atoms with Gasteiger partial charge in [0.05, 0.1) is 6.10 Å². The van der Waals surface area contributed by atoms with Crippen LogP contribution in [0.4, 0.5) is 0 Å². The van der Waals surface area contributed by atoms with Crippen molar-refractivity contribution in [3.63, 3.8) is 0 Å². The van der Waals surface area contributed by atoms with Crippen LogP contribution in [0, 0.1) is 0 Å². The lowest BCUT2D eigenvalue weighted by atomic mass is 10.2. The Labute approximate surface area is 118 Å². The van der Waals surface area contributed by atoms with Gasteiger partial charge < -0.3 is 15.0 Å². The van der Waals surface area contributed by atoms with Crippen LogP contribution in [0.15, 0.2) is 18.3 Å². The van der Waals surface area contributed by atoms with Gasteiger partial charge in [-0.3, -0.25) is 14.6 Å². The van der Waals surface area contributed by atoms with Crippen molar-refractivity contribution >= 4 is 11.8 Å². The molecule has 0 saturated carbocycles. The summed E-state index contributed by atoms with van der Waals surface area (Å²) in [5.74, 6) is -0.181. The Morgan fingerprint density at radius 3 is 3.10 bits per heavy atom. The maximum absolute atomic E-state index is 12.0. The molecular weight excluding hydrogens is 258 g/mol. The second-order valence-electron chi connectivity index (χ2n) is 4.81. The third-order valence-electron chi connectivity index (χ3n) is 3.28. The molecule has 1 fully saturated rings. The van der Waals surface area contributed by atoms with Crippen molar-refractivity contribution in [1.82, 2.24) is 15.2 Å². The van der Waals surface area contributed by atoms with E-state index in [-0.39, 0.29) is 24.5 Å². The predicted molar refractivity (Wildman–Crippen MR) is 73.3 cm³/mol. The highest BCUT2D eigenvalue weighted by atomic mass is 16.5. The monoisotopic (exact) mass is 277 g/mol. The minimum Gasteiger partial charge on any atom is -0.365 e. The number of aromatic nitrogens is 1. The van der Waals surface area contributed by atoms with E-state index in [0.717, 1.165) is 12.1 Å². The van der Waals surface area contributed by atoms with Crippen molar-refractivity contribution in [3.8, 4) is 0 Å². The van der Waals surface area contributed by atoms with Gasteiger partial charge >= 0.3 is 0 Å². The molecule has 0 radical (unpaired) electrons. The topological polar surface area (TPSA) is 71.5 Å². The summed E-state index contributed by atoms with van der Waals surface area (Å²) in [4.78, 5) is 29.1. The molecule has 20 heavy (non-hydrogen) atoms. The number of nitrogens with one attached hydrogen (secondary N) is 1. The highest BCUT2D eigenvalue weighted by Gasteiger charge is 2.23. The largest absolute Gasteiger partial charge is 0.365 e. The number of nitrogens with zero attached hydrogens (tertiary/aromatic N) is 2. The zero-order valence-electron chi connectivity index (χ0n) is 11.8. The van der Waals surface area contributed by atoms with Gasteiger partial charge in [-0.1, -0.05) is 6.92 Å². The summed E-state index contributed by atoms with van der Waals surface area (Å²) in [6.45, 7) is 2.95. The van der Waals surface area contributed by atoms with E-state index in [9.17, 15) is 9.59 Å². The number of carbonyl (C=O) groups excluding carboxylic acids is 2. The maximum Gasteiger partial charge on any atom is 0.251 e. The Morgan fingerprint density at radius 2 is 2.40 bits per heavy atom. The average Bonchev–Trinajstić information content (AvgIpc) is 2.48. The second-order valence-corrected chi connectivity index (χ2v) is 4.81. The number of morpholine rings is 1. The minimum atomic E-state index is -0.158. The maximum atomic E-state index is 12.0. The molecule has 0 bridgehead atoms. The lowest BCUT2D eigenvalue weighted by Crippen LogP contribution is -2.48. The number of likely N-dealkylation sites (N-methyl/N-ethyl adjacent to an activating group) is 1. The highest BCUT2D eigenvalue weighted by molar-refractivity contribution is 5.94. The smallest absolute Gasteiger partial charge is 0.251 e. The highest BCUT2D eigenvalue weighted by Crippen LogP contribution is 2.05. The van der Waals surface area contributed by atoms with Crippen LogP contribution in [0.1, 0.15) is 23.0 Å². The molecule has 2 rings (SSSR count). The number of carbonyl (C=O) groups is 2. The Morgan fingerprint density at radius 1 is 1.60 bits per heavy atom. The molecule has 1 aliphatic heterocycles. The molecular formula is C14H19N3O3. The van der Waals surface area contributed by atoms with E-state index < -0.39 is 0 Å². The second kappa shape index (κ2) is 6.47. The molecule has 6 nitrogen and oxygen atoms in total. The van der Waals surface area contributed by atoms with Crippen LogP contribution in [0.3, 0.4) is 0 Å². The normalized spacial score (nSPS) is 19.0. The van der Waals surface area contributed by atoms with E-state index >= 15 is 0 Å². The number of amides is 2. The molecule has 1 aromatic rings. The Kier molecular flexibility index (Phi) is 4.68. The summed E-state index contributed by atoms with van der Waals surface area (Å²) in [6, 6.07) is 3.47. The van der Waals surface area contributed by atoms with Gasteiger partial charge in [-0.05, 0) is 18.6 Å². The van der Waals surface area contributed by atoms with Crippen LogP contribution in [0.25, 0.3) is 0 Å². The van der Waals surface area contributed by atoms with Gasteiger partial charge in [0, 0.05) is 37.6 Å². The molecule has 1 aromatic heterocycles. The van der Waals surface area contributed by atoms with Crippen molar-refractivity contribution in [2.24, 2.45) is 0 Å². The third-order valence-corrected chi connectivity index (χ3v) is 3.28. The van der Waals surface area contributed by atoms with Crippen molar-refractivity contribution in [3.05, 3.63) is 29.6 Å². The third kappa shape index (κ3) is 3.54. The van der Waals surface area contributed by atoms with Crippen molar-refractivity contribution < 1.29 is 14.3 Å². The summed E-state index contributed by atoms with van der Waals surface area (Å²) in [5, 5.41) is 2.83. The van der Waals surface area contributed by atoms with Gasteiger partial charge in [0.25, 0.3) is 5.91 Å². The first-order chi connectivity index (χ1) is 9.60. The fourth-order valence-corrected chi connectivity index (χ4v) is 2.00. The first kappa shape index (κ1) is 14.5. The van der Waals surface area contributed by atoms with E-state index in [0.29, 0.717) is 18.7 Å². The van der Waals surface area contributed by atoms with Gasteiger partial charge in [-0.15, -0.1) is 0 Å². The number of aryl methyl sites for hydroxylation is 1. The lowest BCUT2D eigenvalue weighted by Gasteiger charge is -2.29. The summed E-state index contributed by atoms with van der Waals surface area (Å²) in [5.41, 5.74) is 1.48. The number of rotatable bonds is 4. The molecule has 0 aliphatic carbocycles. The molecule has 2 amide bonds. The Bertz CT molecular complexity index is 504. The predicted octanol–water partition coefficient (Wildman–Crippen LogP) is 0.231. The first-order valence-corrected chi connectivity index (χ1v) is 6.69. The number of ether oxygens (including phenoxy) is 1. The van der Waals surface area contributed by atoms with Crippen LogP contribution >= 0.6 is 0 Å². The fourth-order valence-electron chi connectivity index (χ4n) is 2.00. The van der Waals surface area contributed by atoms with E-state index in [1.165, 1.54) is 0 Å². The fraction of sp³-hybridized carbons (Fsp3) is 0.500. The molecule has 6 heteroatoms. The molecule has 1 atom stereocenters. The van der Waals surface area contributed by atoms with Crippen LogP contribution in [-0.4, -0.2) is 54.5 Å². The summed E-state index contributed by atoms with van der Waals surface area (Å²) in [6.07, 6.45) is 2.27. The summed E-state index contributed by atoms with van der Waals surface area (Å²) >= 11 is 0. The molecule has 108 valence electrons. The molecule has 0 spiro atoms. The zero-order valence-corrected chi connectivity index (χ0v) is 11.8. The Hall–Kier alpha value is -1.95. The number of hydrogen-bond acceptors (Lipinski definition) is 4. The quantitative estimate of drug-likeness (QED) is 0.855. The molecule has 2 heterocycles. The van der Waals surface area contributed by atoms with Gasteiger partial charge in [-0.25, -0.2) is 0 Å². The molecule has 0 aromatic carbocycles. The van der Waals surface area contributed by atoms with Crippen LogP contribution in [0.2, 0.25) is 0 Å². The summed E-state index contributed by atoms with van der Waals surface area (Å²) < 4.78 is 5.37. The minimum absolute atomic E-state index is 0.0331. The van der Waals surface area contributed by atoms with E-state index in [1.54, 1.807) is 30.3 Å². The van der Waals surface area contributed by atoms with Crippen LogP contribution in [-0.2, 0) is 16.0 Å². The lowest BCUT2D eigenvalue weighted by molar-refractivity contribution is -0.146. The first-order valence-electron chi connectivity index (χ1n) is 6.69. The standard InChI is InChI=1S/C14H19N3O3/c1-3-11-6-10(4-5-15-11)14(19)16-7-12-8-17(2)13(18)9-20-12/h4-6,12H,3,7-9H2,1-2H3,(H,16,19). The van der Waals surface area contributed by atoms with E-state index in [2.05, 4.69) is 10.3 Å². The van der Waals surface area contributed by atoms with Gasteiger partial charge in [0.1, 0.15) is 6.61 Å². The van der Waals surface area contributed by atoms with Gasteiger partial charge in [0.2, 0.25) is 5.91 Å². The molecule has 1 unspecified atom stereocenters. The molecule has 1 aliphatic rings. The van der Waals surface area contributed by atoms with Gasteiger partial charge in [-0.2, -0.15) is 0 Å². The molecule has 1 saturated heterocycles. The zero-order chi connectivity index (χ0) is 14.5. The Balaban J connectivity index is 1.87. The van der Waals surface area contributed by atoms with Crippen molar-refractivity contribution in [2.75, 3.05) is 26.7 Å². The van der Waals surface area contributed by atoms with Gasteiger partial charge in [0.15, 0.2) is 0 Å². The summed E-state index contributed by atoms with van der Waals surface area (Å²) in [7, 11) is 1.73. The van der Waals surface area contributed by atoms with Crippen molar-refractivity contribution in [1.29, 1.82) is 0 Å². The number of pyridine rings is 1. The van der Waals surface area contributed by atoms with E-state index in [1.807, 2.05) is 6.92 Å². The van der Waals surface area contributed by atoms with E-state index in [4.69, 9.17) is 4.74 Å².